The number of fused-ring (bicyclic) bond motifs is 1. The first-order valence-electron chi connectivity index (χ1n) is 3.41. The predicted molar refractivity (Wildman–Crippen MR) is 38.3 cm³/mol. The normalized spacial score (nSPS) is 33.5. The second kappa shape index (κ2) is 2.70. The topological polar surface area (TPSA) is 27.7 Å². The molecule has 0 bridgehead atoms. The number of rotatable bonds is 0. The average molecular weight is 152 g/mol. The lowest BCUT2D eigenvalue weighted by molar-refractivity contribution is 0.0972. The molecule has 0 N–H and O–H groups in total. The maximum Gasteiger partial charge on any atom is 0.231 e. The molecule has 2 rings (SSSR count). The van der Waals surface area contributed by atoms with Gasteiger partial charge in [0.15, 0.2) is 11.5 Å². The van der Waals surface area contributed by atoms with E-state index in [-0.39, 0.29) is 0 Å². The molecule has 0 amide bonds. The summed E-state index contributed by atoms with van der Waals surface area (Å²) in [4.78, 5) is 0. The second-order valence-corrected chi connectivity index (χ2v) is 2.17. The molecule has 0 aromatic heterocycles. The molecule has 58 valence electrons. The van der Waals surface area contributed by atoms with Crippen LogP contribution in [0.1, 0.15) is 0 Å². The van der Waals surface area contributed by atoms with Crippen LogP contribution in [0.25, 0.3) is 0 Å². The highest BCUT2D eigenvalue weighted by atomic mass is 16.7. The van der Waals surface area contributed by atoms with Crippen LogP contribution in [-0.2, 0) is 14.2 Å². The Morgan fingerprint density at radius 3 is 3.09 bits per heavy atom. The predicted octanol–water partition coefficient (Wildman–Crippen LogP) is 1.30. The van der Waals surface area contributed by atoms with Crippen molar-refractivity contribution in [3.8, 4) is 0 Å². The van der Waals surface area contributed by atoms with E-state index in [0.717, 1.165) is 11.5 Å². The SMILES string of the molecule is C1=C\OC/C=C2/OCO/C2=C/1. The maximum atomic E-state index is 5.16. The molecule has 0 unspecified atom stereocenters. The van der Waals surface area contributed by atoms with E-state index in [1.54, 1.807) is 12.3 Å². The van der Waals surface area contributed by atoms with Crippen molar-refractivity contribution >= 4 is 0 Å². The summed E-state index contributed by atoms with van der Waals surface area (Å²) in [6.45, 7) is 0.845. The van der Waals surface area contributed by atoms with Crippen LogP contribution in [0.3, 0.4) is 0 Å². The van der Waals surface area contributed by atoms with Crippen molar-refractivity contribution in [1.29, 1.82) is 0 Å². The van der Waals surface area contributed by atoms with Crippen LogP contribution in [0.15, 0.2) is 36.0 Å². The van der Waals surface area contributed by atoms with E-state index in [4.69, 9.17) is 14.2 Å². The standard InChI is InChI=1S/C8H8O3/c1-2-7-8(11-6-10-7)3-5-9-4-1/h1-4H,5-6H2/b4-1-,7-2+,8-3+. The van der Waals surface area contributed by atoms with Crippen LogP contribution in [0, 0.1) is 0 Å². The molecule has 2 aliphatic heterocycles. The lowest BCUT2D eigenvalue weighted by Crippen LogP contribution is -1.90. The number of hydrogen-bond acceptors (Lipinski definition) is 3. The van der Waals surface area contributed by atoms with Crippen molar-refractivity contribution in [1.82, 2.24) is 0 Å². The van der Waals surface area contributed by atoms with Crippen molar-refractivity contribution in [3.63, 3.8) is 0 Å². The highest BCUT2D eigenvalue weighted by Gasteiger charge is 2.15. The van der Waals surface area contributed by atoms with Gasteiger partial charge in [0, 0.05) is 0 Å². The molecule has 0 aromatic rings. The number of hydrogen-bond donors (Lipinski definition) is 0. The fraction of sp³-hybridized carbons (Fsp3) is 0.250. The molecule has 0 saturated carbocycles. The third kappa shape index (κ3) is 1.22. The van der Waals surface area contributed by atoms with Gasteiger partial charge in [-0.3, -0.25) is 0 Å². The Labute approximate surface area is 64.6 Å². The molecule has 2 aliphatic rings. The molecule has 0 radical (unpaired) electrons. The maximum absolute atomic E-state index is 5.16. The molecule has 0 aliphatic carbocycles. The quantitative estimate of drug-likeness (QED) is 0.523. The summed E-state index contributed by atoms with van der Waals surface area (Å²) in [5.41, 5.74) is 0. The van der Waals surface area contributed by atoms with Crippen molar-refractivity contribution in [2.24, 2.45) is 0 Å². The van der Waals surface area contributed by atoms with Gasteiger partial charge >= 0.3 is 0 Å². The summed E-state index contributed by atoms with van der Waals surface area (Å²) in [7, 11) is 0. The summed E-state index contributed by atoms with van der Waals surface area (Å²) >= 11 is 0. The van der Waals surface area contributed by atoms with Gasteiger partial charge in [-0.2, -0.15) is 0 Å². The monoisotopic (exact) mass is 152 g/mol. The minimum absolute atomic E-state index is 0.311. The minimum atomic E-state index is 0.311. The van der Waals surface area contributed by atoms with Crippen molar-refractivity contribution in [3.05, 3.63) is 36.0 Å². The number of allylic oxidation sites excluding steroid dienone is 2. The van der Waals surface area contributed by atoms with Crippen LogP contribution < -0.4 is 0 Å². The van der Waals surface area contributed by atoms with E-state index in [2.05, 4.69) is 0 Å². The Morgan fingerprint density at radius 1 is 1.18 bits per heavy atom. The van der Waals surface area contributed by atoms with E-state index in [9.17, 15) is 0 Å². The summed E-state index contributed by atoms with van der Waals surface area (Å²) < 4.78 is 15.4. The molecule has 11 heavy (non-hydrogen) atoms. The summed E-state index contributed by atoms with van der Waals surface area (Å²) in [5.74, 6) is 1.55. The highest BCUT2D eigenvalue weighted by Crippen LogP contribution is 2.21. The molecule has 0 aromatic carbocycles. The molecule has 3 nitrogen and oxygen atoms in total. The van der Waals surface area contributed by atoms with Gasteiger partial charge in [-0.25, -0.2) is 0 Å². The highest BCUT2D eigenvalue weighted by molar-refractivity contribution is 5.26. The Bertz CT molecular complexity index is 238. The van der Waals surface area contributed by atoms with Gasteiger partial charge in [0.1, 0.15) is 6.61 Å². The molecule has 1 saturated heterocycles. The van der Waals surface area contributed by atoms with Gasteiger partial charge in [-0.1, -0.05) is 0 Å². The van der Waals surface area contributed by atoms with Gasteiger partial charge in [0.2, 0.25) is 6.79 Å². The zero-order chi connectivity index (χ0) is 7.52. The van der Waals surface area contributed by atoms with E-state index < -0.39 is 0 Å². The molecule has 2 heterocycles. The zero-order valence-corrected chi connectivity index (χ0v) is 5.95. The van der Waals surface area contributed by atoms with E-state index in [1.807, 2.05) is 12.2 Å². The lowest BCUT2D eigenvalue weighted by Gasteiger charge is -2.00. The van der Waals surface area contributed by atoms with Crippen molar-refractivity contribution in [2.45, 2.75) is 0 Å². The van der Waals surface area contributed by atoms with Crippen LogP contribution in [0.4, 0.5) is 0 Å². The van der Waals surface area contributed by atoms with Crippen LogP contribution >= 0.6 is 0 Å². The third-order valence-electron chi connectivity index (χ3n) is 1.46. The Balaban J connectivity index is 2.28. The lowest BCUT2D eigenvalue weighted by atomic mass is 10.3. The Kier molecular flexibility index (Phi) is 1.55. The first-order chi connectivity index (χ1) is 5.47. The van der Waals surface area contributed by atoms with Crippen LogP contribution in [0.2, 0.25) is 0 Å². The van der Waals surface area contributed by atoms with Gasteiger partial charge in [0.25, 0.3) is 0 Å². The minimum Gasteiger partial charge on any atom is -0.497 e. The smallest absolute Gasteiger partial charge is 0.231 e. The van der Waals surface area contributed by atoms with Gasteiger partial charge in [-0.05, 0) is 18.2 Å². The molecule has 0 atom stereocenters. The third-order valence-corrected chi connectivity index (χ3v) is 1.46. The van der Waals surface area contributed by atoms with Gasteiger partial charge in [-0.15, -0.1) is 0 Å². The van der Waals surface area contributed by atoms with Crippen LogP contribution in [0.5, 0.6) is 0 Å². The second-order valence-electron chi connectivity index (χ2n) is 2.17. The fourth-order valence-electron chi connectivity index (χ4n) is 0.950. The van der Waals surface area contributed by atoms with Crippen molar-refractivity contribution < 1.29 is 14.2 Å². The molecule has 1 fully saturated rings. The largest absolute Gasteiger partial charge is 0.497 e. The first-order valence-corrected chi connectivity index (χ1v) is 3.41. The van der Waals surface area contributed by atoms with E-state index >= 15 is 0 Å². The fourth-order valence-corrected chi connectivity index (χ4v) is 0.950. The van der Waals surface area contributed by atoms with E-state index in [0.29, 0.717) is 13.4 Å². The van der Waals surface area contributed by atoms with Crippen LogP contribution in [-0.4, -0.2) is 13.4 Å². The number of ether oxygens (including phenoxy) is 3. The zero-order valence-electron chi connectivity index (χ0n) is 5.95. The van der Waals surface area contributed by atoms with Crippen molar-refractivity contribution in [2.75, 3.05) is 13.4 Å². The van der Waals surface area contributed by atoms with Gasteiger partial charge < -0.3 is 14.2 Å². The van der Waals surface area contributed by atoms with E-state index in [1.165, 1.54) is 0 Å². The molecule has 0 spiro atoms. The Hall–Kier alpha value is -1.38. The molecular weight excluding hydrogens is 144 g/mol. The van der Waals surface area contributed by atoms with Gasteiger partial charge in [0.05, 0.1) is 6.26 Å². The summed E-state index contributed by atoms with van der Waals surface area (Å²) in [6, 6.07) is 0. The molecular formula is C8H8O3. The first kappa shape index (κ1) is 6.34. The average Bonchev–Trinajstić information content (AvgIpc) is 2.35. The Morgan fingerprint density at radius 2 is 2.09 bits per heavy atom. The summed E-state index contributed by atoms with van der Waals surface area (Å²) in [5, 5.41) is 0. The molecule has 3 heteroatoms. The summed E-state index contributed by atoms with van der Waals surface area (Å²) in [6.07, 6.45) is 7.08.